The second kappa shape index (κ2) is 8.89. The molecule has 2 aromatic rings. The van der Waals surface area contributed by atoms with Crippen molar-refractivity contribution in [2.24, 2.45) is 0 Å². The van der Waals surface area contributed by atoms with E-state index in [0.717, 1.165) is 0 Å². The summed E-state index contributed by atoms with van der Waals surface area (Å²) in [4.78, 5) is 51.1. The van der Waals surface area contributed by atoms with Gasteiger partial charge in [-0.2, -0.15) is 0 Å². The number of nitrogens with zero attached hydrogens (tertiary/aromatic N) is 2. The molecule has 0 spiro atoms. The summed E-state index contributed by atoms with van der Waals surface area (Å²) in [5.74, 6) is -1.37. The van der Waals surface area contributed by atoms with Crippen LogP contribution >= 0.6 is 0 Å². The fourth-order valence-corrected chi connectivity index (χ4v) is 3.88. The molecule has 2 aliphatic rings. The molecule has 33 heavy (non-hydrogen) atoms. The topological polar surface area (TPSA) is 108 Å². The Morgan fingerprint density at radius 2 is 2.03 bits per heavy atom. The first-order chi connectivity index (χ1) is 15.7. The molecule has 0 aromatic heterocycles. The lowest BCUT2D eigenvalue weighted by Crippen LogP contribution is -2.52. The Labute approximate surface area is 189 Å². The van der Waals surface area contributed by atoms with E-state index in [1.165, 1.54) is 28.0 Å². The van der Waals surface area contributed by atoms with E-state index in [-0.39, 0.29) is 49.1 Å². The zero-order valence-electron chi connectivity index (χ0n) is 18.2. The summed E-state index contributed by atoms with van der Waals surface area (Å²) in [5.41, 5.74) is 2.07. The molecule has 9 nitrogen and oxygen atoms in total. The molecule has 0 saturated carbocycles. The van der Waals surface area contributed by atoms with Crippen LogP contribution in [0.1, 0.15) is 34.3 Å². The maximum absolute atomic E-state index is 14.4. The van der Waals surface area contributed by atoms with E-state index in [2.05, 4.69) is 10.6 Å². The first kappa shape index (κ1) is 22.3. The van der Waals surface area contributed by atoms with Crippen molar-refractivity contribution < 1.29 is 28.3 Å². The minimum Gasteiger partial charge on any atom is -0.410 e. The summed E-state index contributed by atoms with van der Waals surface area (Å²) < 4.78 is 19.5. The molecule has 2 heterocycles. The van der Waals surface area contributed by atoms with Crippen LogP contribution in [-0.2, 0) is 22.7 Å². The van der Waals surface area contributed by atoms with Gasteiger partial charge >= 0.3 is 6.09 Å². The average Bonchev–Trinajstić information content (AvgIpc) is 3.11. The number of carbonyl (C=O) groups excluding carboxylic acids is 4. The Morgan fingerprint density at radius 1 is 1.24 bits per heavy atom. The van der Waals surface area contributed by atoms with Crippen LogP contribution < -0.4 is 15.4 Å². The standard InChI is InChI=1S/C23H23FN4O5/c1-27(2)23(32)33-14-6-7-17(24)13(10-14)11-25-18-5-3-4-15-16(18)12-28(22(15)31)19-8-9-20(29)26-21(19)30/h3-7,10,19,25H,8-9,11-12H2,1-2H3,(H,26,29,30)/t19-/m1/s1. The van der Waals surface area contributed by atoms with Crippen molar-refractivity contribution in [1.82, 2.24) is 15.1 Å². The van der Waals surface area contributed by atoms with Crippen LogP contribution in [-0.4, -0.2) is 53.8 Å². The Hall–Kier alpha value is -3.95. The Balaban J connectivity index is 1.50. The van der Waals surface area contributed by atoms with Crippen LogP contribution in [0.3, 0.4) is 0 Å². The number of nitrogens with one attached hydrogen (secondary N) is 2. The number of rotatable bonds is 5. The minimum atomic E-state index is -0.712. The molecule has 1 fully saturated rings. The average molecular weight is 454 g/mol. The van der Waals surface area contributed by atoms with E-state index < -0.39 is 23.9 Å². The van der Waals surface area contributed by atoms with Crippen LogP contribution in [0, 0.1) is 5.82 Å². The zero-order chi connectivity index (χ0) is 23.7. The first-order valence-corrected chi connectivity index (χ1v) is 10.4. The molecular weight excluding hydrogens is 431 g/mol. The minimum absolute atomic E-state index is 0.0856. The molecule has 4 amide bonds. The maximum atomic E-state index is 14.4. The predicted octanol–water partition coefficient (Wildman–Crippen LogP) is 2.26. The molecule has 0 bridgehead atoms. The van der Waals surface area contributed by atoms with E-state index in [1.54, 1.807) is 32.3 Å². The smallest absolute Gasteiger partial charge is 0.410 e. The zero-order valence-corrected chi connectivity index (χ0v) is 18.2. The third kappa shape index (κ3) is 4.50. The second-order valence-corrected chi connectivity index (χ2v) is 8.10. The van der Waals surface area contributed by atoms with E-state index >= 15 is 0 Å². The molecule has 10 heteroatoms. The molecule has 2 aromatic carbocycles. The largest absolute Gasteiger partial charge is 0.414 e. The molecule has 1 atom stereocenters. The van der Waals surface area contributed by atoms with Crippen molar-refractivity contribution in [3.8, 4) is 5.75 Å². The van der Waals surface area contributed by atoms with Crippen LogP contribution in [0.4, 0.5) is 14.9 Å². The van der Waals surface area contributed by atoms with E-state index in [4.69, 9.17) is 4.74 Å². The van der Waals surface area contributed by atoms with Crippen molar-refractivity contribution in [2.75, 3.05) is 19.4 Å². The number of amides is 4. The van der Waals surface area contributed by atoms with Gasteiger partial charge in [0.25, 0.3) is 5.91 Å². The monoisotopic (exact) mass is 454 g/mol. The van der Waals surface area contributed by atoms with Gasteiger partial charge in [0.15, 0.2) is 0 Å². The molecule has 0 aliphatic carbocycles. The van der Waals surface area contributed by atoms with Crippen LogP contribution in [0.2, 0.25) is 0 Å². The van der Waals surface area contributed by atoms with Gasteiger partial charge in [-0.15, -0.1) is 0 Å². The summed E-state index contributed by atoms with van der Waals surface area (Å²) in [6.45, 7) is 0.287. The molecule has 0 radical (unpaired) electrons. The van der Waals surface area contributed by atoms with Gasteiger partial charge in [-0.3, -0.25) is 19.7 Å². The quantitative estimate of drug-likeness (QED) is 0.671. The fraction of sp³-hybridized carbons (Fsp3) is 0.304. The summed E-state index contributed by atoms with van der Waals surface area (Å²) in [7, 11) is 3.09. The van der Waals surface area contributed by atoms with E-state index in [0.29, 0.717) is 16.8 Å². The Bertz CT molecular complexity index is 1150. The van der Waals surface area contributed by atoms with Gasteiger partial charge < -0.3 is 19.9 Å². The normalized spacial score (nSPS) is 17.5. The summed E-state index contributed by atoms with van der Waals surface area (Å²) in [5, 5.41) is 5.42. The number of piperidine rings is 1. The number of ether oxygens (including phenoxy) is 1. The SMILES string of the molecule is CN(C)C(=O)Oc1ccc(F)c(CNc2cccc3c2CN([C@@H]2CCC(=O)NC2=O)C3=O)c1. The van der Waals surface area contributed by atoms with Gasteiger partial charge in [-0.25, -0.2) is 9.18 Å². The number of halogens is 1. The number of anilines is 1. The molecular formula is C23H23FN4O5. The Kier molecular flexibility index (Phi) is 5.99. The molecule has 4 rings (SSSR count). The molecule has 172 valence electrons. The fourth-order valence-electron chi connectivity index (χ4n) is 3.88. The molecule has 1 saturated heterocycles. The number of hydrogen-bond donors (Lipinski definition) is 2. The highest BCUT2D eigenvalue weighted by atomic mass is 19.1. The third-order valence-corrected chi connectivity index (χ3v) is 5.64. The Morgan fingerprint density at radius 3 is 2.76 bits per heavy atom. The molecule has 0 unspecified atom stereocenters. The lowest BCUT2D eigenvalue weighted by molar-refractivity contribution is -0.136. The predicted molar refractivity (Wildman–Crippen MR) is 116 cm³/mol. The van der Waals surface area contributed by atoms with E-state index in [9.17, 15) is 23.6 Å². The van der Waals surface area contributed by atoms with Gasteiger partial charge in [0.2, 0.25) is 11.8 Å². The van der Waals surface area contributed by atoms with Gasteiger partial charge in [0, 0.05) is 56.0 Å². The first-order valence-electron chi connectivity index (χ1n) is 10.4. The third-order valence-electron chi connectivity index (χ3n) is 5.64. The number of carbonyl (C=O) groups is 4. The van der Waals surface area contributed by atoms with Gasteiger partial charge in [-0.1, -0.05) is 6.07 Å². The van der Waals surface area contributed by atoms with Gasteiger partial charge in [0.1, 0.15) is 17.6 Å². The second-order valence-electron chi connectivity index (χ2n) is 8.10. The van der Waals surface area contributed by atoms with Crippen LogP contribution in [0.25, 0.3) is 0 Å². The number of imide groups is 1. The lowest BCUT2D eigenvalue weighted by Gasteiger charge is -2.29. The van der Waals surface area contributed by atoms with Gasteiger partial charge in [0.05, 0.1) is 0 Å². The highest BCUT2D eigenvalue weighted by Crippen LogP contribution is 2.32. The van der Waals surface area contributed by atoms with Crippen molar-refractivity contribution in [3.05, 3.63) is 58.9 Å². The lowest BCUT2D eigenvalue weighted by atomic mass is 10.0. The van der Waals surface area contributed by atoms with Crippen LogP contribution in [0.5, 0.6) is 5.75 Å². The number of fused-ring (bicyclic) bond motifs is 1. The maximum Gasteiger partial charge on any atom is 0.414 e. The highest BCUT2D eigenvalue weighted by molar-refractivity contribution is 6.06. The summed E-state index contributed by atoms with van der Waals surface area (Å²) >= 11 is 0. The van der Waals surface area contributed by atoms with Crippen molar-refractivity contribution in [3.63, 3.8) is 0 Å². The molecule has 2 aliphatic heterocycles. The molecule has 2 N–H and O–H groups in total. The van der Waals surface area contributed by atoms with Crippen LogP contribution in [0.15, 0.2) is 36.4 Å². The van der Waals surface area contributed by atoms with Crippen molar-refractivity contribution in [2.45, 2.75) is 32.0 Å². The van der Waals surface area contributed by atoms with Gasteiger partial charge in [-0.05, 0) is 36.8 Å². The van der Waals surface area contributed by atoms with Crippen molar-refractivity contribution in [1.29, 1.82) is 0 Å². The number of benzene rings is 2. The highest BCUT2D eigenvalue weighted by Gasteiger charge is 2.39. The summed E-state index contributed by atoms with van der Waals surface area (Å²) in [6.07, 6.45) is -0.125. The van der Waals surface area contributed by atoms with E-state index in [1.807, 2.05) is 0 Å². The van der Waals surface area contributed by atoms with Crippen molar-refractivity contribution >= 4 is 29.5 Å². The summed E-state index contributed by atoms with van der Waals surface area (Å²) in [6, 6.07) is 8.48. The number of hydrogen-bond acceptors (Lipinski definition) is 6.